The lowest BCUT2D eigenvalue weighted by molar-refractivity contribution is -0.143. The minimum atomic E-state index is -5.20. The standard InChI is InChI=1S/C38H35BF7NO6/c1-2-6-21(13-22-9-11-31(48)30(40)14-22)10-12-32-33-23(20-52-27-7-4-3-5-8-27)15-28-34(29(33)19-39(51)53-32)36(50)47(35(28)49)26-17-24(37(41,42)43)16-25(18-26)38(44,45)46/h3-5,7-9,11,13-14,16-18,28-29,32,34,48,51H,2,6,10,12,15,19-20H2,1H3/b21-13+/t28-,29+,32-,34-/m1/s1. The first-order chi connectivity index (χ1) is 25.0. The average Bonchev–Trinajstić information content (AvgIpc) is 3.35. The predicted octanol–water partition coefficient (Wildman–Crippen LogP) is 8.61. The van der Waals surface area contributed by atoms with Crippen molar-refractivity contribution in [2.45, 2.75) is 63.8 Å². The number of carbonyl (C=O) groups is 2. The van der Waals surface area contributed by atoms with Crippen LogP contribution in [0.2, 0.25) is 6.32 Å². The minimum absolute atomic E-state index is 0.0668. The van der Waals surface area contributed by atoms with Crippen LogP contribution in [0, 0.1) is 23.6 Å². The van der Waals surface area contributed by atoms with Gasteiger partial charge in [-0.1, -0.05) is 49.3 Å². The number of amides is 2. The number of phenols is 1. The number of ether oxygens (including phenoxy) is 1. The van der Waals surface area contributed by atoms with Crippen LogP contribution in [0.3, 0.4) is 0 Å². The highest BCUT2D eigenvalue weighted by molar-refractivity contribution is 6.43. The predicted molar refractivity (Wildman–Crippen MR) is 181 cm³/mol. The second-order valence-corrected chi connectivity index (χ2v) is 13.5. The molecule has 2 heterocycles. The van der Waals surface area contributed by atoms with Crippen molar-refractivity contribution in [3.8, 4) is 11.5 Å². The van der Waals surface area contributed by atoms with Gasteiger partial charge < -0.3 is 19.5 Å². The maximum atomic E-state index is 14.1. The fraction of sp³-hybridized carbons (Fsp3) is 0.368. The molecule has 6 rings (SSSR count). The molecular weight excluding hydrogens is 710 g/mol. The van der Waals surface area contributed by atoms with Crippen LogP contribution in [0.15, 0.2) is 83.4 Å². The molecule has 2 saturated heterocycles. The molecule has 2 amide bonds. The van der Waals surface area contributed by atoms with Crippen LogP contribution in [0.4, 0.5) is 36.4 Å². The second-order valence-electron chi connectivity index (χ2n) is 13.5. The first-order valence-electron chi connectivity index (χ1n) is 17.1. The number of allylic oxidation sites excluding steroid dienone is 1. The molecule has 15 heteroatoms. The van der Waals surface area contributed by atoms with Gasteiger partial charge in [-0.05, 0) is 97.1 Å². The zero-order valence-corrected chi connectivity index (χ0v) is 28.4. The van der Waals surface area contributed by atoms with Crippen molar-refractivity contribution in [1.29, 1.82) is 0 Å². The van der Waals surface area contributed by atoms with E-state index in [4.69, 9.17) is 9.39 Å². The number of aromatic hydroxyl groups is 1. The summed E-state index contributed by atoms with van der Waals surface area (Å²) in [5, 5.41) is 20.6. The van der Waals surface area contributed by atoms with Gasteiger partial charge in [-0.25, -0.2) is 9.29 Å². The maximum Gasteiger partial charge on any atom is 0.455 e. The van der Waals surface area contributed by atoms with Gasteiger partial charge in [-0.3, -0.25) is 9.59 Å². The van der Waals surface area contributed by atoms with E-state index in [0.29, 0.717) is 52.3 Å². The Hall–Kier alpha value is -4.63. The molecule has 0 aromatic heterocycles. The van der Waals surface area contributed by atoms with Crippen LogP contribution in [0.25, 0.3) is 6.08 Å². The highest BCUT2D eigenvalue weighted by Gasteiger charge is 2.58. The van der Waals surface area contributed by atoms with E-state index in [0.717, 1.165) is 12.0 Å². The fourth-order valence-corrected chi connectivity index (χ4v) is 7.66. The molecule has 0 spiro atoms. The average molecular weight is 745 g/mol. The molecule has 53 heavy (non-hydrogen) atoms. The number of nitrogens with zero attached hydrogens (tertiary/aromatic N) is 1. The quantitative estimate of drug-likeness (QED) is 0.0935. The number of carbonyl (C=O) groups excluding carboxylic acids is 2. The van der Waals surface area contributed by atoms with Gasteiger partial charge in [0.05, 0.1) is 34.8 Å². The van der Waals surface area contributed by atoms with E-state index in [2.05, 4.69) is 0 Å². The number of benzene rings is 3. The Bertz CT molecular complexity index is 1900. The molecule has 0 unspecified atom stereocenters. The third kappa shape index (κ3) is 8.15. The van der Waals surface area contributed by atoms with Gasteiger partial charge in [0, 0.05) is 0 Å². The number of hydrogen-bond donors (Lipinski definition) is 2. The van der Waals surface area contributed by atoms with Crippen molar-refractivity contribution in [2.24, 2.45) is 17.8 Å². The molecule has 3 aliphatic rings. The topological polar surface area (TPSA) is 96.3 Å². The van der Waals surface area contributed by atoms with Crippen molar-refractivity contribution in [2.75, 3.05) is 11.5 Å². The van der Waals surface area contributed by atoms with Crippen molar-refractivity contribution < 1.29 is 59.8 Å². The number of halogens is 7. The number of alkyl halides is 6. The lowest BCUT2D eigenvalue weighted by Crippen LogP contribution is -2.46. The van der Waals surface area contributed by atoms with Crippen LogP contribution in [-0.4, -0.2) is 41.8 Å². The SMILES string of the molecule is CCC/C(=C\c1ccc(O)c(F)c1)CC[C@H]1OB(O)C[C@H]2C1=C(COc1ccccc1)C[C@H]1C(=O)N(c3cc(C(F)(F)F)cc(C(F)(F)F)c3)C(=O)[C@H]12. The molecule has 280 valence electrons. The van der Waals surface area contributed by atoms with Gasteiger partial charge in [-0.2, -0.15) is 26.3 Å². The first-order valence-corrected chi connectivity index (χ1v) is 17.1. The fourth-order valence-electron chi connectivity index (χ4n) is 7.66. The summed E-state index contributed by atoms with van der Waals surface area (Å²) in [5.41, 5.74) is -1.60. The smallest absolute Gasteiger partial charge is 0.455 e. The number of rotatable bonds is 10. The van der Waals surface area contributed by atoms with E-state index in [1.54, 1.807) is 42.5 Å². The minimum Gasteiger partial charge on any atom is -0.505 e. The molecule has 2 N–H and O–H groups in total. The molecule has 0 bridgehead atoms. The van der Waals surface area contributed by atoms with Gasteiger partial charge in [-0.15, -0.1) is 0 Å². The molecule has 2 fully saturated rings. The summed E-state index contributed by atoms with van der Waals surface area (Å²) < 4.78 is 109. The normalized spacial score (nSPS) is 22.3. The summed E-state index contributed by atoms with van der Waals surface area (Å²) in [6, 6.07) is 13.3. The molecule has 3 aromatic rings. The lowest BCUT2D eigenvalue weighted by Gasteiger charge is -2.43. The Morgan fingerprint density at radius 1 is 0.943 bits per heavy atom. The van der Waals surface area contributed by atoms with E-state index >= 15 is 0 Å². The summed E-state index contributed by atoms with van der Waals surface area (Å²) >= 11 is 0. The third-order valence-electron chi connectivity index (χ3n) is 9.94. The number of imide groups is 1. The number of fused-ring (bicyclic) bond motifs is 3. The van der Waals surface area contributed by atoms with Crippen molar-refractivity contribution in [1.82, 2.24) is 0 Å². The van der Waals surface area contributed by atoms with Crippen LogP contribution < -0.4 is 9.64 Å². The highest BCUT2D eigenvalue weighted by atomic mass is 19.4. The van der Waals surface area contributed by atoms with Gasteiger partial charge in [0.15, 0.2) is 11.6 Å². The van der Waals surface area contributed by atoms with E-state index < -0.39 is 83.5 Å². The first kappa shape index (κ1) is 38.1. The molecule has 7 nitrogen and oxygen atoms in total. The van der Waals surface area contributed by atoms with Crippen LogP contribution in [0.1, 0.15) is 55.7 Å². The van der Waals surface area contributed by atoms with Gasteiger partial charge in [0.25, 0.3) is 0 Å². The summed E-state index contributed by atoms with van der Waals surface area (Å²) in [6.07, 6.45) is -7.64. The number of para-hydroxylation sites is 1. The Labute approximate surface area is 300 Å². The van der Waals surface area contributed by atoms with Crippen molar-refractivity contribution in [3.05, 3.63) is 106 Å². The molecular formula is C38H35BF7NO6. The number of anilines is 1. The van der Waals surface area contributed by atoms with Crippen LogP contribution in [0.5, 0.6) is 11.5 Å². The van der Waals surface area contributed by atoms with Crippen LogP contribution in [-0.2, 0) is 26.6 Å². The summed E-state index contributed by atoms with van der Waals surface area (Å²) in [4.78, 5) is 28.5. The Kier molecular flexibility index (Phi) is 10.8. The van der Waals surface area contributed by atoms with Gasteiger partial charge >= 0.3 is 19.5 Å². The molecule has 1 aliphatic carbocycles. The number of hydrogen-bond acceptors (Lipinski definition) is 6. The van der Waals surface area contributed by atoms with Crippen LogP contribution >= 0.6 is 0 Å². The monoisotopic (exact) mass is 745 g/mol. The van der Waals surface area contributed by atoms with E-state index in [-0.39, 0.29) is 31.8 Å². The summed E-state index contributed by atoms with van der Waals surface area (Å²) in [6.45, 7) is 1.89. The zero-order chi connectivity index (χ0) is 38.2. The Morgan fingerprint density at radius 2 is 1.62 bits per heavy atom. The van der Waals surface area contributed by atoms with Gasteiger partial charge in [0.1, 0.15) is 12.4 Å². The highest BCUT2D eigenvalue weighted by Crippen LogP contribution is 2.52. The molecule has 2 aliphatic heterocycles. The summed E-state index contributed by atoms with van der Waals surface area (Å²) in [5.74, 6) is -5.91. The zero-order valence-electron chi connectivity index (χ0n) is 28.4. The maximum absolute atomic E-state index is 14.1. The summed E-state index contributed by atoms with van der Waals surface area (Å²) in [7, 11) is -1.41. The van der Waals surface area contributed by atoms with E-state index in [1.165, 1.54) is 12.1 Å². The molecule has 4 atom stereocenters. The largest absolute Gasteiger partial charge is 0.505 e. The van der Waals surface area contributed by atoms with Gasteiger partial charge in [0.2, 0.25) is 11.8 Å². The number of phenolic OH excluding ortho intramolecular Hbond substituents is 1. The molecule has 0 saturated carbocycles. The van der Waals surface area contributed by atoms with E-state index in [9.17, 15) is 50.5 Å². The van der Waals surface area contributed by atoms with E-state index in [1.807, 2.05) is 6.92 Å². The molecule has 0 radical (unpaired) electrons. The van der Waals surface area contributed by atoms with Crippen molar-refractivity contribution in [3.63, 3.8) is 0 Å². The second kappa shape index (κ2) is 15.0. The lowest BCUT2D eigenvalue weighted by atomic mass is 9.58. The van der Waals surface area contributed by atoms with Crippen molar-refractivity contribution >= 4 is 30.7 Å². The Balaban J connectivity index is 1.37. The molecule has 3 aromatic carbocycles. The third-order valence-corrected chi connectivity index (χ3v) is 9.94. The Morgan fingerprint density at radius 3 is 2.25 bits per heavy atom.